The maximum atomic E-state index is 12.0. The van der Waals surface area contributed by atoms with Crippen LogP contribution in [0.3, 0.4) is 0 Å². The molecule has 0 unspecified atom stereocenters. The molecule has 124 valence electrons. The van der Waals surface area contributed by atoms with Crippen LogP contribution in [-0.4, -0.2) is 44.5 Å². The Kier molecular flexibility index (Phi) is 7.85. The molecule has 7 heteroatoms. The van der Waals surface area contributed by atoms with Gasteiger partial charge in [-0.2, -0.15) is 0 Å². The van der Waals surface area contributed by atoms with Crippen molar-refractivity contribution in [3.63, 3.8) is 0 Å². The fourth-order valence-electron chi connectivity index (χ4n) is 2.02. The SMILES string of the molecule is CCCCCN(CCNC(=O)c1ccccc1Cl)S(C)(=O)=O. The molecule has 0 fully saturated rings. The monoisotopic (exact) mass is 346 g/mol. The van der Waals surface area contributed by atoms with Crippen LogP contribution < -0.4 is 5.32 Å². The number of amides is 1. The van der Waals surface area contributed by atoms with Crippen molar-refractivity contribution in [1.82, 2.24) is 9.62 Å². The molecule has 1 N–H and O–H groups in total. The molecular formula is C15H23ClN2O3S. The third-order valence-corrected chi connectivity index (χ3v) is 4.88. The van der Waals surface area contributed by atoms with Gasteiger partial charge in [-0.1, -0.05) is 43.5 Å². The van der Waals surface area contributed by atoms with E-state index in [1.165, 1.54) is 10.6 Å². The first-order valence-corrected chi connectivity index (χ1v) is 9.56. The lowest BCUT2D eigenvalue weighted by atomic mass is 10.2. The number of rotatable bonds is 9. The van der Waals surface area contributed by atoms with Gasteiger partial charge in [0.1, 0.15) is 0 Å². The highest BCUT2D eigenvalue weighted by molar-refractivity contribution is 7.88. The third-order valence-electron chi connectivity index (χ3n) is 3.25. The molecule has 0 atom stereocenters. The summed E-state index contributed by atoms with van der Waals surface area (Å²) in [7, 11) is -3.26. The van der Waals surface area contributed by atoms with Gasteiger partial charge in [0.2, 0.25) is 10.0 Å². The Labute approximate surface area is 137 Å². The standard InChI is InChI=1S/C15H23ClN2O3S/c1-3-4-7-11-18(22(2,20)21)12-10-17-15(19)13-8-5-6-9-14(13)16/h5-6,8-9H,3-4,7,10-12H2,1-2H3,(H,17,19). The molecule has 0 spiro atoms. The van der Waals surface area contributed by atoms with Gasteiger partial charge in [-0.25, -0.2) is 12.7 Å². The van der Waals surface area contributed by atoms with Crippen LogP contribution in [0, 0.1) is 0 Å². The summed E-state index contributed by atoms with van der Waals surface area (Å²) in [4.78, 5) is 12.0. The molecule has 22 heavy (non-hydrogen) atoms. The van der Waals surface area contributed by atoms with Gasteiger partial charge < -0.3 is 5.32 Å². The summed E-state index contributed by atoms with van der Waals surface area (Å²) >= 11 is 5.95. The zero-order valence-corrected chi connectivity index (χ0v) is 14.6. The summed E-state index contributed by atoms with van der Waals surface area (Å²) in [6.45, 7) is 3.06. The second-order valence-corrected chi connectivity index (χ2v) is 7.49. The molecule has 0 saturated carbocycles. The van der Waals surface area contributed by atoms with E-state index in [2.05, 4.69) is 12.2 Å². The Bertz CT molecular complexity index is 590. The minimum absolute atomic E-state index is 0.253. The summed E-state index contributed by atoms with van der Waals surface area (Å²) in [6.07, 6.45) is 4.02. The van der Waals surface area contributed by atoms with Gasteiger partial charge in [-0.05, 0) is 18.6 Å². The quantitative estimate of drug-likeness (QED) is 0.699. The van der Waals surface area contributed by atoms with Crippen LogP contribution in [0.4, 0.5) is 0 Å². The second-order valence-electron chi connectivity index (χ2n) is 5.10. The Morgan fingerprint density at radius 1 is 1.23 bits per heavy atom. The van der Waals surface area contributed by atoms with Crippen LogP contribution in [0.25, 0.3) is 0 Å². The lowest BCUT2D eigenvalue weighted by Crippen LogP contribution is -2.38. The van der Waals surface area contributed by atoms with E-state index >= 15 is 0 Å². The number of nitrogens with one attached hydrogen (secondary N) is 1. The Morgan fingerprint density at radius 3 is 2.50 bits per heavy atom. The Hall–Kier alpha value is -1.11. The topological polar surface area (TPSA) is 66.5 Å². The molecule has 1 aromatic carbocycles. The normalized spacial score (nSPS) is 11.6. The number of sulfonamides is 1. The minimum atomic E-state index is -3.26. The van der Waals surface area contributed by atoms with E-state index in [0.29, 0.717) is 17.1 Å². The molecule has 0 aliphatic rings. The molecule has 0 aliphatic carbocycles. The molecule has 1 aromatic rings. The van der Waals surface area contributed by atoms with Crippen LogP contribution in [-0.2, 0) is 10.0 Å². The molecule has 5 nitrogen and oxygen atoms in total. The molecular weight excluding hydrogens is 324 g/mol. The molecule has 0 heterocycles. The zero-order valence-electron chi connectivity index (χ0n) is 13.0. The number of nitrogens with zero attached hydrogens (tertiary/aromatic N) is 1. The van der Waals surface area contributed by atoms with Gasteiger partial charge in [-0.3, -0.25) is 4.79 Å². The van der Waals surface area contributed by atoms with Crippen LogP contribution in [0.15, 0.2) is 24.3 Å². The first-order valence-electron chi connectivity index (χ1n) is 7.34. The van der Waals surface area contributed by atoms with Gasteiger partial charge >= 0.3 is 0 Å². The predicted molar refractivity (Wildman–Crippen MR) is 89.7 cm³/mol. The van der Waals surface area contributed by atoms with E-state index in [0.717, 1.165) is 19.3 Å². The van der Waals surface area contributed by atoms with Crippen LogP contribution >= 0.6 is 11.6 Å². The molecule has 0 aromatic heterocycles. The number of benzene rings is 1. The fourth-order valence-corrected chi connectivity index (χ4v) is 3.12. The van der Waals surface area contributed by atoms with E-state index < -0.39 is 10.0 Å². The number of hydrogen-bond acceptors (Lipinski definition) is 3. The van der Waals surface area contributed by atoms with E-state index in [4.69, 9.17) is 11.6 Å². The highest BCUT2D eigenvalue weighted by Gasteiger charge is 2.16. The van der Waals surface area contributed by atoms with Gasteiger partial charge in [-0.15, -0.1) is 0 Å². The molecule has 1 amide bonds. The summed E-state index contributed by atoms with van der Waals surface area (Å²) in [5.74, 6) is -0.299. The largest absolute Gasteiger partial charge is 0.351 e. The average molecular weight is 347 g/mol. The van der Waals surface area contributed by atoms with Crippen molar-refractivity contribution in [2.24, 2.45) is 0 Å². The molecule has 0 aliphatic heterocycles. The maximum absolute atomic E-state index is 12.0. The molecule has 0 bridgehead atoms. The zero-order chi connectivity index (χ0) is 16.6. The highest BCUT2D eigenvalue weighted by atomic mass is 35.5. The Balaban J connectivity index is 2.52. The molecule has 1 rings (SSSR count). The van der Waals surface area contributed by atoms with Crippen molar-refractivity contribution in [3.8, 4) is 0 Å². The number of hydrogen-bond donors (Lipinski definition) is 1. The summed E-state index contributed by atoms with van der Waals surface area (Å²) in [6, 6.07) is 6.75. The third kappa shape index (κ3) is 6.34. The van der Waals surface area contributed by atoms with Crippen LogP contribution in [0.5, 0.6) is 0 Å². The van der Waals surface area contributed by atoms with Crippen molar-refractivity contribution in [3.05, 3.63) is 34.9 Å². The van der Waals surface area contributed by atoms with E-state index in [1.54, 1.807) is 24.3 Å². The maximum Gasteiger partial charge on any atom is 0.252 e. The lowest BCUT2D eigenvalue weighted by Gasteiger charge is -2.20. The summed E-state index contributed by atoms with van der Waals surface area (Å²) in [5.41, 5.74) is 0.390. The van der Waals surface area contributed by atoms with Crippen molar-refractivity contribution < 1.29 is 13.2 Å². The van der Waals surface area contributed by atoms with Crippen LogP contribution in [0.1, 0.15) is 36.5 Å². The first kappa shape index (κ1) is 18.9. The van der Waals surface area contributed by atoms with Gasteiger partial charge in [0.25, 0.3) is 5.91 Å². The average Bonchev–Trinajstić information content (AvgIpc) is 2.45. The van der Waals surface area contributed by atoms with Gasteiger partial charge in [0, 0.05) is 19.6 Å². The van der Waals surface area contributed by atoms with Crippen molar-refractivity contribution >= 4 is 27.5 Å². The number of carbonyl (C=O) groups is 1. The van der Waals surface area contributed by atoms with E-state index in [1.807, 2.05) is 0 Å². The summed E-state index contributed by atoms with van der Waals surface area (Å²) in [5, 5.41) is 3.08. The fraction of sp³-hybridized carbons (Fsp3) is 0.533. The van der Waals surface area contributed by atoms with Crippen molar-refractivity contribution in [1.29, 1.82) is 0 Å². The lowest BCUT2D eigenvalue weighted by molar-refractivity contribution is 0.0951. The van der Waals surface area contributed by atoms with Crippen molar-refractivity contribution in [2.45, 2.75) is 26.2 Å². The van der Waals surface area contributed by atoms with Crippen molar-refractivity contribution in [2.75, 3.05) is 25.9 Å². The van der Waals surface area contributed by atoms with Gasteiger partial charge in [0.15, 0.2) is 0 Å². The Morgan fingerprint density at radius 2 is 1.91 bits per heavy atom. The summed E-state index contributed by atoms with van der Waals surface area (Å²) < 4.78 is 24.8. The van der Waals surface area contributed by atoms with E-state index in [9.17, 15) is 13.2 Å². The van der Waals surface area contributed by atoms with Gasteiger partial charge in [0.05, 0.1) is 16.8 Å². The van der Waals surface area contributed by atoms with E-state index in [-0.39, 0.29) is 19.0 Å². The number of unbranched alkanes of at least 4 members (excludes halogenated alkanes) is 2. The predicted octanol–water partition coefficient (Wildman–Crippen LogP) is 2.52. The number of carbonyl (C=O) groups excluding carboxylic acids is 1. The first-order chi connectivity index (χ1) is 10.4. The highest BCUT2D eigenvalue weighted by Crippen LogP contribution is 2.14. The minimum Gasteiger partial charge on any atom is -0.351 e. The molecule has 0 radical (unpaired) electrons. The smallest absolute Gasteiger partial charge is 0.252 e. The van der Waals surface area contributed by atoms with Crippen LogP contribution in [0.2, 0.25) is 5.02 Å². The second kappa shape index (κ2) is 9.12. The number of halogens is 1. The molecule has 0 saturated heterocycles.